The van der Waals surface area contributed by atoms with Gasteiger partial charge in [0.1, 0.15) is 12.1 Å². The quantitative estimate of drug-likeness (QED) is 0.508. The number of carbonyl (C=O) groups is 2. The van der Waals surface area contributed by atoms with Crippen LogP contribution in [0.4, 0.5) is 5.95 Å². The molecule has 3 atom stereocenters. The van der Waals surface area contributed by atoms with Crippen molar-refractivity contribution in [2.45, 2.75) is 70.4 Å². The van der Waals surface area contributed by atoms with Crippen molar-refractivity contribution < 1.29 is 9.59 Å². The Kier molecular flexibility index (Phi) is 5.93. The fourth-order valence-electron chi connectivity index (χ4n) is 5.39. The van der Waals surface area contributed by atoms with E-state index in [0.717, 1.165) is 73.7 Å². The molecule has 1 aliphatic heterocycles. The SMILES string of the molecule is CC1CNCC1Nc1nncn1[C@H]1CCc2sc(CC(=O)C3CC3)c(C(=O)NCC3CC3)c2C1. The second-order valence-electron chi connectivity index (χ2n) is 10.7. The number of carbonyl (C=O) groups excluding carboxylic acids is 2. The van der Waals surface area contributed by atoms with E-state index in [-0.39, 0.29) is 17.9 Å². The first kappa shape index (κ1) is 22.2. The maximum absolute atomic E-state index is 13.4. The lowest BCUT2D eigenvalue weighted by Crippen LogP contribution is -2.30. The van der Waals surface area contributed by atoms with Gasteiger partial charge in [0, 0.05) is 47.3 Å². The summed E-state index contributed by atoms with van der Waals surface area (Å²) >= 11 is 1.70. The molecular formula is C25H34N6O2S. The first-order valence-electron chi connectivity index (χ1n) is 12.9. The van der Waals surface area contributed by atoms with Crippen molar-refractivity contribution in [2.24, 2.45) is 17.8 Å². The average molecular weight is 483 g/mol. The number of anilines is 1. The molecule has 0 bridgehead atoms. The molecule has 0 spiro atoms. The Morgan fingerprint density at radius 2 is 2.06 bits per heavy atom. The Morgan fingerprint density at radius 1 is 1.21 bits per heavy atom. The Hall–Kier alpha value is -2.26. The monoisotopic (exact) mass is 482 g/mol. The van der Waals surface area contributed by atoms with E-state index in [2.05, 4.69) is 37.6 Å². The summed E-state index contributed by atoms with van der Waals surface area (Å²) in [6.07, 6.45) is 9.34. The van der Waals surface area contributed by atoms with Gasteiger partial charge in [0.2, 0.25) is 5.95 Å². The highest BCUT2D eigenvalue weighted by molar-refractivity contribution is 7.12. The third kappa shape index (κ3) is 4.52. The standard InChI is InChI=1S/C25H34N6O2S/c1-14-10-26-12-19(14)29-25-30-28-13-31(25)17-6-7-21-18(8-17)23(24(33)27-11-15-2-3-15)22(34-21)9-20(32)16-4-5-16/h13-17,19,26H,2-12H2,1H3,(H,27,33)(H,29,30)/t14?,17-,19?/m0/s1. The molecule has 4 aliphatic rings. The highest BCUT2D eigenvalue weighted by Crippen LogP contribution is 2.41. The highest BCUT2D eigenvalue weighted by atomic mass is 32.1. The molecule has 182 valence electrons. The van der Waals surface area contributed by atoms with Crippen LogP contribution in [-0.4, -0.2) is 52.1 Å². The fourth-order valence-corrected chi connectivity index (χ4v) is 6.74. The molecule has 1 saturated heterocycles. The van der Waals surface area contributed by atoms with Crippen LogP contribution < -0.4 is 16.0 Å². The van der Waals surface area contributed by atoms with Crippen LogP contribution in [0, 0.1) is 17.8 Å². The number of nitrogens with one attached hydrogen (secondary N) is 3. The predicted octanol–water partition coefficient (Wildman–Crippen LogP) is 2.75. The van der Waals surface area contributed by atoms with Gasteiger partial charge in [0.25, 0.3) is 5.91 Å². The van der Waals surface area contributed by atoms with Gasteiger partial charge in [-0.3, -0.25) is 14.2 Å². The zero-order valence-electron chi connectivity index (χ0n) is 19.8. The van der Waals surface area contributed by atoms with Gasteiger partial charge in [0.05, 0.1) is 5.56 Å². The van der Waals surface area contributed by atoms with Crippen LogP contribution in [0.2, 0.25) is 0 Å². The fraction of sp³-hybridized carbons (Fsp3) is 0.680. The Morgan fingerprint density at radius 3 is 2.79 bits per heavy atom. The lowest BCUT2D eigenvalue weighted by atomic mass is 9.90. The smallest absolute Gasteiger partial charge is 0.252 e. The molecule has 2 unspecified atom stereocenters. The van der Waals surface area contributed by atoms with Crippen LogP contribution in [0.15, 0.2) is 6.33 Å². The topological polar surface area (TPSA) is 101 Å². The minimum absolute atomic E-state index is 0.0107. The van der Waals surface area contributed by atoms with Crippen LogP contribution in [-0.2, 0) is 24.1 Å². The van der Waals surface area contributed by atoms with Gasteiger partial charge in [-0.05, 0) is 68.9 Å². The second kappa shape index (κ2) is 9.07. The Labute approximate surface area is 204 Å². The number of fused-ring (bicyclic) bond motifs is 1. The van der Waals surface area contributed by atoms with Gasteiger partial charge in [-0.1, -0.05) is 6.92 Å². The summed E-state index contributed by atoms with van der Waals surface area (Å²) in [5.74, 6) is 2.50. The number of Topliss-reactive ketones (excluding diaryl/α,β-unsaturated/α-hetero) is 1. The van der Waals surface area contributed by atoms with Gasteiger partial charge >= 0.3 is 0 Å². The number of aromatic nitrogens is 3. The van der Waals surface area contributed by atoms with Crippen molar-refractivity contribution in [3.63, 3.8) is 0 Å². The third-order valence-corrected chi connectivity index (χ3v) is 9.24. The number of ketones is 1. The van der Waals surface area contributed by atoms with Crippen LogP contribution >= 0.6 is 11.3 Å². The average Bonchev–Trinajstić information content (AvgIpc) is 3.73. The molecule has 34 heavy (non-hydrogen) atoms. The number of hydrogen-bond acceptors (Lipinski definition) is 7. The van der Waals surface area contributed by atoms with Gasteiger partial charge < -0.3 is 16.0 Å². The van der Waals surface area contributed by atoms with Gasteiger partial charge in [0.15, 0.2) is 0 Å². The van der Waals surface area contributed by atoms with E-state index in [9.17, 15) is 9.59 Å². The van der Waals surface area contributed by atoms with E-state index in [4.69, 9.17) is 0 Å². The van der Waals surface area contributed by atoms with Crippen molar-refractivity contribution >= 4 is 29.0 Å². The van der Waals surface area contributed by atoms with Crippen molar-refractivity contribution in [3.05, 3.63) is 27.2 Å². The molecule has 2 aromatic rings. The normalized spacial score (nSPS) is 26.3. The highest BCUT2D eigenvalue weighted by Gasteiger charge is 2.35. The van der Waals surface area contributed by atoms with Gasteiger partial charge in [-0.2, -0.15) is 0 Å². The molecule has 3 N–H and O–H groups in total. The lowest BCUT2D eigenvalue weighted by Gasteiger charge is -2.26. The third-order valence-electron chi connectivity index (χ3n) is 7.95. The van der Waals surface area contributed by atoms with E-state index in [0.29, 0.717) is 30.1 Å². The minimum Gasteiger partial charge on any atom is -0.352 e. The van der Waals surface area contributed by atoms with E-state index >= 15 is 0 Å². The zero-order valence-corrected chi connectivity index (χ0v) is 20.6. The van der Waals surface area contributed by atoms with Crippen LogP contribution in [0.1, 0.15) is 70.7 Å². The molecule has 3 fully saturated rings. The number of nitrogens with zero attached hydrogens (tertiary/aromatic N) is 3. The molecule has 2 aromatic heterocycles. The van der Waals surface area contributed by atoms with Crippen LogP contribution in [0.5, 0.6) is 0 Å². The lowest BCUT2D eigenvalue weighted by molar-refractivity contribution is -0.119. The number of hydrogen-bond donors (Lipinski definition) is 3. The number of rotatable bonds is 9. The molecule has 0 radical (unpaired) electrons. The summed E-state index contributed by atoms with van der Waals surface area (Å²) in [6, 6.07) is 0.540. The molecular weight excluding hydrogens is 448 g/mol. The van der Waals surface area contributed by atoms with Crippen molar-refractivity contribution in [3.8, 4) is 0 Å². The number of thiophene rings is 1. The molecule has 3 aliphatic carbocycles. The largest absolute Gasteiger partial charge is 0.352 e. The van der Waals surface area contributed by atoms with E-state index < -0.39 is 0 Å². The molecule has 1 amide bonds. The summed E-state index contributed by atoms with van der Waals surface area (Å²) in [6.45, 7) is 4.93. The summed E-state index contributed by atoms with van der Waals surface area (Å²) in [5.41, 5.74) is 1.93. The summed E-state index contributed by atoms with van der Waals surface area (Å²) in [5, 5.41) is 18.8. The second-order valence-corrected chi connectivity index (χ2v) is 11.9. The van der Waals surface area contributed by atoms with Crippen molar-refractivity contribution in [1.29, 1.82) is 0 Å². The summed E-state index contributed by atoms with van der Waals surface area (Å²) in [7, 11) is 0. The first-order chi connectivity index (χ1) is 16.6. The maximum Gasteiger partial charge on any atom is 0.252 e. The van der Waals surface area contributed by atoms with E-state index in [1.54, 1.807) is 11.3 Å². The number of aryl methyl sites for hydroxylation is 1. The predicted molar refractivity (Wildman–Crippen MR) is 131 cm³/mol. The van der Waals surface area contributed by atoms with Crippen LogP contribution in [0.3, 0.4) is 0 Å². The zero-order chi connectivity index (χ0) is 23.2. The Bertz CT molecular complexity index is 1090. The molecule has 9 heteroatoms. The number of amides is 1. The van der Waals surface area contributed by atoms with Crippen molar-refractivity contribution in [2.75, 3.05) is 25.0 Å². The first-order valence-corrected chi connectivity index (χ1v) is 13.7. The van der Waals surface area contributed by atoms with E-state index in [1.165, 1.54) is 17.7 Å². The Balaban J connectivity index is 1.25. The van der Waals surface area contributed by atoms with Crippen molar-refractivity contribution in [1.82, 2.24) is 25.4 Å². The van der Waals surface area contributed by atoms with Gasteiger partial charge in [-0.15, -0.1) is 21.5 Å². The molecule has 3 heterocycles. The summed E-state index contributed by atoms with van der Waals surface area (Å²) < 4.78 is 2.16. The van der Waals surface area contributed by atoms with Gasteiger partial charge in [-0.25, -0.2) is 0 Å². The molecule has 0 aromatic carbocycles. The molecule has 8 nitrogen and oxygen atoms in total. The van der Waals surface area contributed by atoms with E-state index in [1.807, 2.05) is 6.33 Å². The molecule has 2 saturated carbocycles. The summed E-state index contributed by atoms with van der Waals surface area (Å²) in [4.78, 5) is 28.3. The van der Waals surface area contributed by atoms with Crippen LogP contribution in [0.25, 0.3) is 0 Å². The molecule has 6 rings (SSSR count). The minimum atomic E-state index is 0.0107. The maximum atomic E-state index is 13.4.